The first kappa shape index (κ1) is 10.6. The van der Waals surface area contributed by atoms with Crippen molar-refractivity contribution in [1.29, 1.82) is 0 Å². The van der Waals surface area contributed by atoms with Crippen molar-refractivity contribution in [3.8, 4) is 0 Å². The van der Waals surface area contributed by atoms with Crippen LogP contribution in [0.15, 0.2) is 0 Å². The minimum Gasteiger partial charge on any atom is -0.340 e. The molecule has 1 aliphatic heterocycles. The number of amides is 1. The van der Waals surface area contributed by atoms with E-state index in [9.17, 15) is 4.79 Å². The Bertz CT molecular complexity index is 167. The molecule has 1 amide bonds. The average Bonchev–Trinajstić information content (AvgIpc) is 2.41. The van der Waals surface area contributed by atoms with Gasteiger partial charge >= 0.3 is 0 Å². The maximum Gasteiger partial charge on any atom is 0.222 e. The molecule has 0 aliphatic carbocycles. The van der Waals surface area contributed by atoms with Crippen molar-refractivity contribution < 1.29 is 4.79 Å². The Kier molecular flexibility index (Phi) is 4.26. The molecule has 76 valence electrons. The zero-order valence-electron chi connectivity index (χ0n) is 8.88. The van der Waals surface area contributed by atoms with Crippen LogP contribution < -0.4 is 0 Å². The average molecular weight is 183 g/mol. The monoisotopic (exact) mass is 183 g/mol. The van der Waals surface area contributed by atoms with Gasteiger partial charge in [0.25, 0.3) is 0 Å². The smallest absolute Gasteiger partial charge is 0.222 e. The van der Waals surface area contributed by atoms with Gasteiger partial charge in [-0.3, -0.25) is 4.79 Å². The Labute approximate surface area is 81.3 Å². The van der Waals surface area contributed by atoms with E-state index in [1.807, 2.05) is 6.92 Å². The summed E-state index contributed by atoms with van der Waals surface area (Å²) in [6.07, 6.45) is 6.78. The lowest BCUT2D eigenvalue weighted by Crippen LogP contribution is -2.39. The summed E-state index contributed by atoms with van der Waals surface area (Å²) in [4.78, 5) is 13.7. The van der Waals surface area contributed by atoms with Crippen LogP contribution in [0.1, 0.15) is 52.4 Å². The second-order valence-electron chi connectivity index (χ2n) is 3.85. The lowest BCUT2D eigenvalue weighted by atomic mass is 10.1. The third-order valence-electron chi connectivity index (χ3n) is 2.97. The zero-order valence-corrected chi connectivity index (χ0v) is 8.88. The summed E-state index contributed by atoms with van der Waals surface area (Å²) in [6, 6.07) is 0.523. The predicted molar refractivity (Wildman–Crippen MR) is 54.6 cm³/mol. The first-order chi connectivity index (χ1) is 6.29. The molecular weight excluding hydrogens is 162 g/mol. The molecule has 0 spiro atoms. The Morgan fingerprint density at radius 1 is 1.31 bits per heavy atom. The van der Waals surface area contributed by atoms with E-state index in [1.165, 1.54) is 25.7 Å². The summed E-state index contributed by atoms with van der Waals surface area (Å²) in [7, 11) is 0. The van der Waals surface area contributed by atoms with Gasteiger partial charge < -0.3 is 4.90 Å². The second kappa shape index (κ2) is 5.25. The highest BCUT2D eigenvalue weighted by Gasteiger charge is 2.22. The highest BCUT2D eigenvalue weighted by atomic mass is 16.2. The molecule has 13 heavy (non-hydrogen) atoms. The lowest BCUT2D eigenvalue weighted by Gasteiger charge is -2.28. The van der Waals surface area contributed by atoms with Gasteiger partial charge in [0.2, 0.25) is 5.91 Å². The van der Waals surface area contributed by atoms with Gasteiger partial charge in [-0.1, -0.05) is 26.7 Å². The van der Waals surface area contributed by atoms with Crippen molar-refractivity contribution in [2.75, 3.05) is 6.54 Å². The molecule has 0 aromatic carbocycles. The molecule has 0 N–H and O–H groups in total. The molecule has 2 heteroatoms. The number of hydrogen-bond acceptors (Lipinski definition) is 1. The van der Waals surface area contributed by atoms with E-state index in [1.54, 1.807) is 0 Å². The van der Waals surface area contributed by atoms with Crippen LogP contribution in [0.2, 0.25) is 0 Å². The summed E-state index contributed by atoms with van der Waals surface area (Å²) < 4.78 is 0. The summed E-state index contributed by atoms with van der Waals surface area (Å²) in [6.45, 7) is 5.14. The number of carbonyl (C=O) groups excluding carboxylic acids is 1. The maximum absolute atomic E-state index is 11.6. The third-order valence-corrected chi connectivity index (χ3v) is 2.97. The van der Waals surface area contributed by atoms with Crippen molar-refractivity contribution in [1.82, 2.24) is 4.90 Å². The standard InChI is InChI=1S/C11H21NO/c1-3-10-8-6-5-7-9-12(10)11(13)4-2/h10H,3-9H2,1-2H3. The van der Waals surface area contributed by atoms with E-state index in [4.69, 9.17) is 0 Å². The highest BCUT2D eigenvalue weighted by molar-refractivity contribution is 5.76. The minimum atomic E-state index is 0.341. The molecule has 0 bridgehead atoms. The van der Waals surface area contributed by atoms with Crippen LogP contribution in [-0.2, 0) is 4.79 Å². The summed E-state index contributed by atoms with van der Waals surface area (Å²) in [5.41, 5.74) is 0. The van der Waals surface area contributed by atoms with Crippen LogP contribution in [0.3, 0.4) is 0 Å². The molecule has 1 fully saturated rings. The van der Waals surface area contributed by atoms with E-state index < -0.39 is 0 Å². The molecule has 0 aromatic rings. The number of carbonyl (C=O) groups is 1. The van der Waals surface area contributed by atoms with Crippen molar-refractivity contribution >= 4 is 5.91 Å². The Hall–Kier alpha value is -0.530. The molecule has 1 unspecified atom stereocenters. The third kappa shape index (κ3) is 2.71. The molecule has 0 saturated carbocycles. The van der Waals surface area contributed by atoms with Gasteiger partial charge in [0.15, 0.2) is 0 Å². The van der Waals surface area contributed by atoms with Gasteiger partial charge in [0, 0.05) is 19.0 Å². The van der Waals surface area contributed by atoms with Crippen LogP contribution >= 0.6 is 0 Å². The first-order valence-electron chi connectivity index (χ1n) is 5.59. The van der Waals surface area contributed by atoms with Gasteiger partial charge in [-0.15, -0.1) is 0 Å². The molecule has 1 aliphatic rings. The number of rotatable bonds is 2. The van der Waals surface area contributed by atoms with E-state index >= 15 is 0 Å². The Balaban J connectivity index is 2.58. The summed E-state index contributed by atoms with van der Waals surface area (Å²) >= 11 is 0. The predicted octanol–water partition coefficient (Wildman–Crippen LogP) is 2.58. The van der Waals surface area contributed by atoms with E-state index in [0.717, 1.165) is 13.0 Å². The number of likely N-dealkylation sites (tertiary alicyclic amines) is 1. The SMILES string of the molecule is CCC(=O)N1CCCCCC1CC. The van der Waals surface area contributed by atoms with E-state index in [2.05, 4.69) is 11.8 Å². The molecule has 1 rings (SSSR count). The fourth-order valence-electron chi connectivity index (χ4n) is 2.13. The first-order valence-corrected chi connectivity index (χ1v) is 5.59. The fourth-order valence-corrected chi connectivity index (χ4v) is 2.13. The molecule has 0 radical (unpaired) electrons. The zero-order chi connectivity index (χ0) is 9.68. The minimum absolute atomic E-state index is 0.341. The van der Waals surface area contributed by atoms with E-state index in [0.29, 0.717) is 18.4 Å². The van der Waals surface area contributed by atoms with Crippen molar-refractivity contribution in [2.45, 2.75) is 58.4 Å². The number of nitrogens with zero attached hydrogens (tertiary/aromatic N) is 1. The topological polar surface area (TPSA) is 20.3 Å². The molecule has 0 aromatic heterocycles. The van der Waals surface area contributed by atoms with Crippen molar-refractivity contribution in [3.05, 3.63) is 0 Å². The highest BCUT2D eigenvalue weighted by Crippen LogP contribution is 2.19. The second-order valence-corrected chi connectivity index (χ2v) is 3.85. The number of hydrogen-bond donors (Lipinski definition) is 0. The van der Waals surface area contributed by atoms with Gasteiger partial charge in [-0.2, -0.15) is 0 Å². The van der Waals surface area contributed by atoms with Crippen LogP contribution in [0, 0.1) is 0 Å². The van der Waals surface area contributed by atoms with Gasteiger partial charge in [0.05, 0.1) is 0 Å². The summed E-state index contributed by atoms with van der Waals surface area (Å²) in [5.74, 6) is 0.341. The van der Waals surface area contributed by atoms with Gasteiger partial charge in [0.1, 0.15) is 0 Å². The van der Waals surface area contributed by atoms with Crippen LogP contribution in [0.4, 0.5) is 0 Å². The molecule has 2 nitrogen and oxygen atoms in total. The fraction of sp³-hybridized carbons (Fsp3) is 0.909. The van der Waals surface area contributed by atoms with Crippen molar-refractivity contribution in [2.24, 2.45) is 0 Å². The van der Waals surface area contributed by atoms with Gasteiger partial charge in [-0.05, 0) is 19.3 Å². The van der Waals surface area contributed by atoms with Crippen LogP contribution in [0.5, 0.6) is 0 Å². The normalized spacial score (nSPS) is 24.2. The molecule has 1 heterocycles. The lowest BCUT2D eigenvalue weighted by molar-refractivity contribution is -0.133. The Morgan fingerprint density at radius 3 is 2.69 bits per heavy atom. The molecule has 1 atom stereocenters. The van der Waals surface area contributed by atoms with Gasteiger partial charge in [-0.25, -0.2) is 0 Å². The van der Waals surface area contributed by atoms with Crippen molar-refractivity contribution in [3.63, 3.8) is 0 Å². The Morgan fingerprint density at radius 2 is 2.08 bits per heavy atom. The van der Waals surface area contributed by atoms with Crippen LogP contribution in [0.25, 0.3) is 0 Å². The molecular formula is C11H21NO. The summed E-state index contributed by atoms with van der Waals surface area (Å²) in [5, 5.41) is 0. The van der Waals surface area contributed by atoms with E-state index in [-0.39, 0.29) is 0 Å². The quantitative estimate of drug-likeness (QED) is 0.644. The van der Waals surface area contributed by atoms with Crippen LogP contribution in [-0.4, -0.2) is 23.4 Å². The molecule has 1 saturated heterocycles. The largest absolute Gasteiger partial charge is 0.340 e. The maximum atomic E-state index is 11.6.